The van der Waals surface area contributed by atoms with Crippen molar-refractivity contribution in [3.8, 4) is 6.07 Å². The molecule has 0 aromatic carbocycles. The van der Waals surface area contributed by atoms with Gasteiger partial charge in [-0.2, -0.15) is 13.7 Å². The van der Waals surface area contributed by atoms with Crippen LogP contribution in [-0.2, 0) is 14.4 Å². The van der Waals surface area contributed by atoms with Crippen LogP contribution in [0.4, 0.5) is 0 Å². The van der Waals surface area contributed by atoms with E-state index in [0.717, 1.165) is 31.1 Å². The minimum absolute atomic E-state index is 0.359. The summed E-state index contributed by atoms with van der Waals surface area (Å²) in [6.07, 6.45) is 6.55. The number of hydrogen-bond acceptors (Lipinski definition) is 5. The zero-order valence-corrected chi connectivity index (χ0v) is 9.96. The van der Waals surface area contributed by atoms with Crippen LogP contribution >= 0.6 is 0 Å². The second-order valence-electron chi connectivity index (χ2n) is 3.71. The van der Waals surface area contributed by atoms with Gasteiger partial charge in [0.25, 0.3) is 0 Å². The van der Waals surface area contributed by atoms with Crippen molar-refractivity contribution in [1.29, 1.82) is 5.26 Å². The number of nitriles is 1. The Kier molecular flexibility index (Phi) is 4.50. The molecular formula is C10H14N2O3S. The first-order valence-electron chi connectivity index (χ1n) is 5.03. The van der Waals surface area contributed by atoms with Crippen LogP contribution in [0.1, 0.15) is 32.1 Å². The van der Waals surface area contributed by atoms with Gasteiger partial charge in [-0.05, 0) is 31.8 Å². The molecule has 1 aliphatic rings. The fourth-order valence-corrected chi connectivity index (χ4v) is 1.70. The van der Waals surface area contributed by atoms with E-state index in [1.807, 2.05) is 0 Å². The summed E-state index contributed by atoms with van der Waals surface area (Å²) >= 11 is 0. The zero-order chi connectivity index (χ0) is 12.0. The van der Waals surface area contributed by atoms with Crippen molar-refractivity contribution in [3.63, 3.8) is 0 Å². The molecule has 0 bridgehead atoms. The molecule has 0 radical (unpaired) electrons. The fraction of sp³-hybridized carbons (Fsp3) is 0.600. The van der Waals surface area contributed by atoms with E-state index in [4.69, 9.17) is 5.26 Å². The minimum Gasteiger partial charge on any atom is -0.268 e. The van der Waals surface area contributed by atoms with Gasteiger partial charge in [0.05, 0.1) is 24.5 Å². The molecule has 0 spiro atoms. The average Bonchev–Trinajstić information content (AvgIpc) is 2.40. The van der Waals surface area contributed by atoms with E-state index < -0.39 is 10.1 Å². The summed E-state index contributed by atoms with van der Waals surface area (Å²) in [5.41, 5.74) is 1.57. The summed E-state index contributed by atoms with van der Waals surface area (Å²) in [5, 5.41) is 12.2. The van der Waals surface area contributed by atoms with Crippen molar-refractivity contribution >= 4 is 15.8 Å². The van der Waals surface area contributed by atoms with Gasteiger partial charge in [0.15, 0.2) is 0 Å². The van der Waals surface area contributed by atoms with Crippen molar-refractivity contribution in [3.05, 3.63) is 11.6 Å². The molecule has 1 aliphatic carbocycles. The molecule has 0 atom stereocenters. The maximum atomic E-state index is 10.8. The third kappa shape index (κ3) is 4.94. The number of nitrogens with zero attached hydrogens (tertiary/aromatic N) is 2. The summed E-state index contributed by atoms with van der Waals surface area (Å²) in [6, 6.07) is 2.08. The Morgan fingerprint density at radius 1 is 1.50 bits per heavy atom. The molecule has 0 heterocycles. The molecule has 5 nitrogen and oxygen atoms in total. The number of hydrogen-bond donors (Lipinski definition) is 0. The van der Waals surface area contributed by atoms with E-state index in [1.165, 1.54) is 0 Å². The van der Waals surface area contributed by atoms with Crippen molar-refractivity contribution in [1.82, 2.24) is 0 Å². The van der Waals surface area contributed by atoms with Gasteiger partial charge in [-0.15, -0.1) is 0 Å². The molecular weight excluding hydrogens is 228 g/mol. The van der Waals surface area contributed by atoms with Crippen LogP contribution in [0.3, 0.4) is 0 Å². The van der Waals surface area contributed by atoms with Gasteiger partial charge < -0.3 is 0 Å². The van der Waals surface area contributed by atoms with E-state index in [0.29, 0.717) is 18.6 Å². The van der Waals surface area contributed by atoms with Crippen LogP contribution in [0.5, 0.6) is 0 Å². The van der Waals surface area contributed by atoms with Gasteiger partial charge in [0.2, 0.25) is 0 Å². The van der Waals surface area contributed by atoms with Crippen molar-refractivity contribution in [2.24, 2.45) is 5.16 Å². The Morgan fingerprint density at radius 3 is 2.81 bits per heavy atom. The minimum atomic E-state index is -3.55. The molecule has 0 N–H and O–H groups in total. The van der Waals surface area contributed by atoms with Crippen molar-refractivity contribution in [2.45, 2.75) is 32.1 Å². The van der Waals surface area contributed by atoms with E-state index in [-0.39, 0.29) is 0 Å². The largest absolute Gasteiger partial charge is 0.325 e. The molecule has 0 unspecified atom stereocenters. The lowest BCUT2D eigenvalue weighted by atomic mass is 10.1. The number of allylic oxidation sites excluding steroid dienone is 2. The van der Waals surface area contributed by atoms with Crippen molar-refractivity contribution < 1.29 is 12.7 Å². The predicted molar refractivity (Wildman–Crippen MR) is 60.1 cm³/mol. The number of rotatable bonds is 3. The summed E-state index contributed by atoms with van der Waals surface area (Å²) in [7, 11) is -3.55. The van der Waals surface area contributed by atoms with Crippen molar-refractivity contribution in [2.75, 3.05) is 6.26 Å². The van der Waals surface area contributed by atoms with Crippen LogP contribution in [0.15, 0.2) is 16.8 Å². The molecule has 0 aromatic rings. The highest BCUT2D eigenvalue weighted by Crippen LogP contribution is 2.18. The summed E-state index contributed by atoms with van der Waals surface area (Å²) in [4.78, 5) is 0. The Labute approximate surface area is 95.5 Å². The molecule has 0 amide bonds. The smallest absolute Gasteiger partial charge is 0.268 e. The lowest BCUT2D eigenvalue weighted by molar-refractivity contribution is 0.342. The molecule has 16 heavy (non-hydrogen) atoms. The summed E-state index contributed by atoms with van der Waals surface area (Å²) in [6.45, 7) is 0. The van der Waals surface area contributed by atoms with Crippen LogP contribution in [-0.4, -0.2) is 20.4 Å². The normalized spacial score (nSPS) is 19.8. The standard InChI is InChI=1S/C10H14N2O3S/c1-16(13,14)15-12-10-5-3-2-4-9(8-10)6-7-11/h8H,2-6H2,1H3/b12-10+. The van der Waals surface area contributed by atoms with E-state index in [9.17, 15) is 8.42 Å². The second kappa shape index (κ2) is 5.66. The topological polar surface area (TPSA) is 79.5 Å². The SMILES string of the molecule is CS(=O)(=O)O/N=C1/C=C(CC#N)CCCC1. The van der Waals surface area contributed by atoms with Crippen LogP contribution < -0.4 is 0 Å². The second-order valence-corrected chi connectivity index (χ2v) is 5.26. The van der Waals surface area contributed by atoms with Crippen LogP contribution in [0, 0.1) is 11.3 Å². The Bertz CT molecular complexity index is 443. The molecule has 88 valence electrons. The lowest BCUT2D eigenvalue weighted by Gasteiger charge is -1.98. The Hall–Kier alpha value is -1.35. The van der Waals surface area contributed by atoms with Gasteiger partial charge in [-0.25, -0.2) is 0 Å². The highest BCUT2D eigenvalue weighted by atomic mass is 32.2. The quantitative estimate of drug-likeness (QED) is 0.706. The molecule has 0 fully saturated rings. The molecule has 0 saturated heterocycles. The fourth-order valence-electron chi connectivity index (χ4n) is 1.47. The lowest BCUT2D eigenvalue weighted by Crippen LogP contribution is -2.01. The van der Waals surface area contributed by atoms with Gasteiger partial charge in [0.1, 0.15) is 0 Å². The first kappa shape index (κ1) is 12.7. The highest BCUT2D eigenvalue weighted by Gasteiger charge is 2.09. The first-order chi connectivity index (χ1) is 7.51. The van der Waals surface area contributed by atoms with Crippen LogP contribution in [0.25, 0.3) is 0 Å². The average molecular weight is 242 g/mol. The monoisotopic (exact) mass is 242 g/mol. The molecule has 1 rings (SSSR count). The number of oxime groups is 1. The highest BCUT2D eigenvalue weighted by molar-refractivity contribution is 7.85. The maximum absolute atomic E-state index is 10.8. The Morgan fingerprint density at radius 2 is 2.19 bits per heavy atom. The van der Waals surface area contributed by atoms with E-state index in [1.54, 1.807) is 6.08 Å². The molecule has 0 saturated carbocycles. The zero-order valence-electron chi connectivity index (χ0n) is 9.14. The van der Waals surface area contributed by atoms with Gasteiger partial charge in [-0.1, -0.05) is 10.7 Å². The Balaban J connectivity index is 2.78. The van der Waals surface area contributed by atoms with Crippen LogP contribution in [0.2, 0.25) is 0 Å². The molecule has 0 aliphatic heterocycles. The predicted octanol–water partition coefficient (Wildman–Crippen LogP) is 1.73. The summed E-state index contributed by atoms with van der Waals surface area (Å²) in [5.74, 6) is 0. The van der Waals surface area contributed by atoms with Gasteiger partial charge >= 0.3 is 10.1 Å². The van der Waals surface area contributed by atoms with Gasteiger partial charge in [0, 0.05) is 0 Å². The third-order valence-corrected chi connectivity index (χ3v) is 2.49. The first-order valence-corrected chi connectivity index (χ1v) is 6.85. The third-order valence-electron chi connectivity index (χ3n) is 2.15. The summed E-state index contributed by atoms with van der Waals surface area (Å²) < 4.78 is 25.9. The van der Waals surface area contributed by atoms with E-state index in [2.05, 4.69) is 15.5 Å². The molecule has 6 heteroatoms. The molecule has 0 aromatic heterocycles. The van der Waals surface area contributed by atoms with E-state index >= 15 is 0 Å². The maximum Gasteiger partial charge on any atom is 0.325 e. The van der Waals surface area contributed by atoms with Gasteiger partial charge in [-0.3, -0.25) is 4.28 Å².